The fourth-order valence-corrected chi connectivity index (χ4v) is 3.43. The normalized spacial score (nSPS) is 23.2. The average molecular weight is 303 g/mol. The predicted octanol–water partition coefficient (Wildman–Crippen LogP) is 2.11. The summed E-state index contributed by atoms with van der Waals surface area (Å²) in [4.78, 5) is 16.6. The van der Waals surface area contributed by atoms with Crippen LogP contribution in [0.2, 0.25) is 0 Å². The van der Waals surface area contributed by atoms with Crippen LogP contribution in [-0.4, -0.2) is 53.8 Å². The van der Waals surface area contributed by atoms with E-state index in [4.69, 9.17) is 0 Å². The molecule has 98 valence electrons. The first-order valence-electron chi connectivity index (χ1n) is 6.85. The van der Waals surface area contributed by atoms with Gasteiger partial charge < -0.3 is 4.90 Å². The molecule has 3 nitrogen and oxygen atoms in total. The van der Waals surface area contributed by atoms with Crippen molar-refractivity contribution in [1.29, 1.82) is 0 Å². The van der Waals surface area contributed by atoms with Crippen LogP contribution >= 0.6 is 15.9 Å². The minimum Gasteiger partial charge on any atom is -0.340 e. The van der Waals surface area contributed by atoms with Crippen LogP contribution in [0.4, 0.5) is 0 Å². The van der Waals surface area contributed by atoms with Crippen LogP contribution in [0.25, 0.3) is 0 Å². The number of nitrogens with zero attached hydrogens (tertiary/aromatic N) is 2. The quantitative estimate of drug-likeness (QED) is 0.743. The van der Waals surface area contributed by atoms with Gasteiger partial charge in [0.05, 0.1) is 0 Å². The molecule has 1 amide bonds. The molecule has 0 aromatic carbocycles. The van der Waals surface area contributed by atoms with Crippen LogP contribution in [0.3, 0.4) is 0 Å². The molecule has 17 heavy (non-hydrogen) atoms. The fraction of sp³-hybridized carbons (Fsp3) is 0.923. The van der Waals surface area contributed by atoms with Crippen molar-refractivity contribution in [2.45, 2.75) is 32.1 Å². The molecule has 1 saturated heterocycles. The Labute approximate surface area is 113 Å². The van der Waals surface area contributed by atoms with Crippen LogP contribution in [0, 0.1) is 5.92 Å². The first kappa shape index (κ1) is 13.3. The molecule has 0 unspecified atom stereocenters. The Kier molecular flexibility index (Phi) is 5.29. The molecule has 0 bridgehead atoms. The maximum absolute atomic E-state index is 12.1. The van der Waals surface area contributed by atoms with Crippen molar-refractivity contribution in [3.05, 3.63) is 0 Å². The van der Waals surface area contributed by atoms with Crippen molar-refractivity contribution in [2.75, 3.05) is 38.1 Å². The minimum absolute atomic E-state index is 0.399. The van der Waals surface area contributed by atoms with Gasteiger partial charge in [0, 0.05) is 44.5 Å². The standard InChI is InChI=1S/C13H23BrN2O/c14-5-6-15-7-9-16(10-8-15)13(17)11-12-3-1-2-4-12/h12H,1-11H2. The summed E-state index contributed by atoms with van der Waals surface area (Å²) in [6, 6.07) is 0. The highest BCUT2D eigenvalue weighted by atomic mass is 79.9. The van der Waals surface area contributed by atoms with E-state index in [2.05, 4.69) is 25.7 Å². The van der Waals surface area contributed by atoms with E-state index in [1.807, 2.05) is 0 Å². The van der Waals surface area contributed by atoms with Crippen molar-refractivity contribution in [3.63, 3.8) is 0 Å². The second-order valence-electron chi connectivity index (χ2n) is 5.27. The van der Waals surface area contributed by atoms with Gasteiger partial charge in [0.25, 0.3) is 0 Å². The highest BCUT2D eigenvalue weighted by Gasteiger charge is 2.24. The summed E-state index contributed by atoms with van der Waals surface area (Å²) >= 11 is 3.47. The molecule has 1 heterocycles. The van der Waals surface area contributed by atoms with Gasteiger partial charge in [0.1, 0.15) is 0 Å². The summed E-state index contributed by atoms with van der Waals surface area (Å²) in [5.41, 5.74) is 0. The monoisotopic (exact) mass is 302 g/mol. The average Bonchev–Trinajstić information content (AvgIpc) is 2.83. The molecule has 0 atom stereocenters. The molecule has 4 heteroatoms. The van der Waals surface area contributed by atoms with Gasteiger partial charge in [-0.05, 0) is 18.8 Å². The Hall–Kier alpha value is -0.0900. The molecule has 2 rings (SSSR count). The van der Waals surface area contributed by atoms with Crippen LogP contribution < -0.4 is 0 Å². The van der Waals surface area contributed by atoms with E-state index in [9.17, 15) is 4.79 Å². The molecule has 0 radical (unpaired) electrons. The topological polar surface area (TPSA) is 23.6 Å². The Bertz CT molecular complexity index is 246. The van der Waals surface area contributed by atoms with Crippen molar-refractivity contribution >= 4 is 21.8 Å². The van der Waals surface area contributed by atoms with E-state index in [-0.39, 0.29) is 0 Å². The number of hydrogen-bond donors (Lipinski definition) is 0. The molecular formula is C13H23BrN2O. The van der Waals surface area contributed by atoms with Crippen molar-refractivity contribution in [2.24, 2.45) is 5.92 Å². The molecule has 0 aromatic heterocycles. The zero-order chi connectivity index (χ0) is 12.1. The van der Waals surface area contributed by atoms with E-state index in [0.717, 1.165) is 44.5 Å². The van der Waals surface area contributed by atoms with Crippen molar-refractivity contribution in [3.8, 4) is 0 Å². The van der Waals surface area contributed by atoms with E-state index in [1.54, 1.807) is 0 Å². The zero-order valence-corrected chi connectivity index (χ0v) is 12.1. The Morgan fingerprint density at radius 1 is 1.12 bits per heavy atom. The molecule has 1 aliphatic heterocycles. The van der Waals surface area contributed by atoms with Crippen molar-refractivity contribution in [1.82, 2.24) is 9.80 Å². The lowest BCUT2D eigenvalue weighted by molar-refractivity contribution is -0.133. The third kappa shape index (κ3) is 3.95. The molecule has 1 saturated carbocycles. The third-order valence-corrected chi connectivity index (χ3v) is 4.42. The SMILES string of the molecule is O=C(CC1CCCC1)N1CCN(CCBr)CC1. The van der Waals surface area contributed by atoms with E-state index in [1.165, 1.54) is 25.7 Å². The minimum atomic E-state index is 0.399. The smallest absolute Gasteiger partial charge is 0.222 e. The number of alkyl halides is 1. The number of rotatable bonds is 4. The molecule has 0 aromatic rings. The molecule has 1 aliphatic carbocycles. The van der Waals surface area contributed by atoms with Gasteiger partial charge in [0.2, 0.25) is 5.91 Å². The third-order valence-electron chi connectivity index (χ3n) is 4.06. The molecule has 0 spiro atoms. The number of piperazine rings is 1. The first-order valence-corrected chi connectivity index (χ1v) is 7.98. The summed E-state index contributed by atoms with van der Waals surface area (Å²) in [7, 11) is 0. The number of halogens is 1. The van der Waals surface area contributed by atoms with Gasteiger partial charge >= 0.3 is 0 Å². The van der Waals surface area contributed by atoms with Gasteiger partial charge in [-0.3, -0.25) is 9.69 Å². The summed E-state index contributed by atoms with van der Waals surface area (Å²) in [6.45, 7) is 5.05. The first-order chi connectivity index (χ1) is 8.29. The summed E-state index contributed by atoms with van der Waals surface area (Å²) in [5, 5.41) is 1.03. The molecule has 2 fully saturated rings. The largest absolute Gasteiger partial charge is 0.340 e. The second-order valence-corrected chi connectivity index (χ2v) is 6.06. The summed E-state index contributed by atoms with van der Waals surface area (Å²) < 4.78 is 0. The number of carbonyl (C=O) groups is 1. The Morgan fingerprint density at radius 3 is 2.35 bits per heavy atom. The van der Waals surface area contributed by atoms with Crippen LogP contribution in [0.1, 0.15) is 32.1 Å². The zero-order valence-electron chi connectivity index (χ0n) is 10.5. The maximum atomic E-state index is 12.1. The second kappa shape index (κ2) is 6.74. The molecule has 0 N–H and O–H groups in total. The highest BCUT2D eigenvalue weighted by Crippen LogP contribution is 2.28. The number of hydrogen-bond acceptors (Lipinski definition) is 2. The van der Waals surface area contributed by atoms with E-state index >= 15 is 0 Å². The van der Waals surface area contributed by atoms with Crippen molar-refractivity contribution < 1.29 is 4.79 Å². The van der Waals surface area contributed by atoms with Gasteiger partial charge in [-0.15, -0.1) is 0 Å². The number of amides is 1. The number of carbonyl (C=O) groups excluding carboxylic acids is 1. The molecular weight excluding hydrogens is 280 g/mol. The fourth-order valence-electron chi connectivity index (χ4n) is 2.93. The van der Waals surface area contributed by atoms with Crippen LogP contribution in [0.15, 0.2) is 0 Å². The summed E-state index contributed by atoms with van der Waals surface area (Å²) in [5.74, 6) is 1.08. The summed E-state index contributed by atoms with van der Waals surface area (Å²) in [6.07, 6.45) is 6.01. The lowest BCUT2D eigenvalue weighted by atomic mass is 10.0. The Morgan fingerprint density at radius 2 is 1.76 bits per heavy atom. The van der Waals surface area contributed by atoms with Crippen LogP contribution in [-0.2, 0) is 4.79 Å². The highest BCUT2D eigenvalue weighted by molar-refractivity contribution is 9.09. The lowest BCUT2D eigenvalue weighted by Crippen LogP contribution is -2.49. The van der Waals surface area contributed by atoms with E-state index < -0.39 is 0 Å². The Balaban J connectivity index is 1.70. The maximum Gasteiger partial charge on any atom is 0.222 e. The molecule has 2 aliphatic rings. The van der Waals surface area contributed by atoms with Gasteiger partial charge in [-0.2, -0.15) is 0 Å². The van der Waals surface area contributed by atoms with Gasteiger partial charge in [-0.1, -0.05) is 28.8 Å². The van der Waals surface area contributed by atoms with Gasteiger partial charge in [-0.25, -0.2) is 0 Å². The lowest BCUT2D eigenvalue weighted by Gasteiger charge is -2.34. The van der Waals surface area contributed by atoms with Crippen LogP contribution in [0.5, 0.6) is 0 Å². The van der Waals surface area contributed by atoms with E-state index in [0.29, 0.717) is 11.8 Å². The predicted molar refractivity (Wildman–Crippen MR) is 73.4 cm³/mol. The van der Waals surface area contributed by atoms with Gasteiger partial charge in [0.15, 0.2) is 0 Å².